The van der Waals surface area contributed by atoms with Crippen molar-refractivity contribution in [1.82, 2.24) is 0 Å². The van der Waals surface area contributed by atoms with E-state index in [1.54, 1.807) is 0 Å². The number of halogens is 3. The van der Waals surface area contributed by atoms with Crippen molar-refractivity contribution in [2.75, 3.05) is 5.73 Å². The Bertz CT molecular complexity index is 493. The van der Waals surface area contributed by atoms with Gasteiger partial charge in [-0.25, -0.2) is 13.2 Å². The van der Waals surface area contributed by atoms with E-state index in [1.165, 1.54) is 0 Å². The monoisotopic (exact) mass is 215 g/mol. The highest BCUT2D eigenvalue weighted by molar-refractivity contribution is 5.98. The van der Waals surface area contributed by atoms with Crippen LogP contribution in [0.5, 0.6) is 0 Å². The summed E-state index contributed by atoms with van der Waals surface area (Å²) >= 11 is 0. The van der Waals surface area contributed by atoms with Gasteiger partial charge in [0, 0.05) is 0 Å². The number of benzene rings is 1. The molecule has 15 heavy (non-hydrogen) atoms. The Kier molecular flexibility index (Phi) is 2.53. The number of amides is 1. The maximum absolute atomic E-state index is 13.2. The van der Waals surface area contributed by atoms with Crippen LogP contribution in [0.25, 0.3) is 0 Å². The number of primary amides is 1. The lowest BCUT2D eigenvalue weighted by atomic mass is 10.1. The largest absolute Gasteiger partial charge is 0.396 e. The van der Waals surface area contributed by atoms with Gasteiger partial charge >= 0.3 is 0 Å². The number of anilines is 1. The summed E-state index contributed by atoms with van der Waals surface area (Å²) in [6, 6.07) is 1.07. The fourth-order valence-corrected chi connectivity index (χ4v) is 1.02. The number of carbonyl (C=O) groups is 1. The maximum Gasteiger partial charge on any atom is 0.253 e. The van der Waals surface area contributed by atoms with Crippen molar-refractivity contribution in [3.05, 3.63) is 28.6 Å². The Morgan fingerprint density at radius 1 is 1.20 bits per heavy atom. The molecule has 0 saturated heterocycles. The number of nitriles is 1. The van der Waals surface area contributed by atoms with Crippen LogP contribution in [0.15, 0.2) is 0 Å². The van der Waals surface area contributed by atoms with Crippen molar-refractivity contribution < 1.29 is 18.0 Å². The minimum Gasteiger partial charge on any atom is -0.396 e. The molecular weight excluding hydrogens is 211 g/mol. The third kappa shape index (κ3) is 1.46. The quantitative estimate of drug-likeness (QED) is 0.532. The van der Waals surface area contributed by atoms with Gasteiger partial charge in [0.05, 0.1) is 5.69 Å². The first-order chi connectivity index (χ1) is 6.91. The lowest BCUT2D eigenvalue weighted by Gasteiger charge is -2.07. The lowest BCUT2D eigenvalue weighted by Crippen LogP contribution is -2.19. The van der Waals surface area contributed by atoms with Gasteiger partial charge in [-0.2, -0.15) is 5.26 Å². The second-order valence-electron chi connectivity index (χ2n) is 2.58. The van der Waals surface area contributed by atoms with Gasteiger partial charge in [-0.3, -0.25) is 4.79 Å². The van der Waals surface area contributed by atoms with Crippen LogP contribution in [0.3, 0.4) is 0 Å². The van der Waals surface area contributed by atoms with Crippen molar-refractivity contribution in [2.24, 2.45) is 5.73 Å². The molecule has 0 fully saturated rings. The van der Waals surface area contributed by atoms with E-state index in [4.69, 9.17) is 16.7 Å². The van der Waals surface area contributed by atoms with Crippen LogP contribution >= 0.6 is 0 Å². The number of nitrogens with zero attached hydrogens (tertiary/aromatic N) is 1. The van der Waals surface area contributed by atoms with Crippen LogP contribution in [0.2, 0.25) is 0 Å². The van der Waals surface area contributed by atoms with E-state index < -0.39 is 40.2 Å². The van der Waals surface area contributed by atoms with Gasteiger partial charge in [0.15, 0.2) is 17.5 Å². The standard InChI is InChI=1S/C8H4F3N3O/c9-4-2(1-12)5(10)6(11)7(13)3(4)8(14)15/h13H2,(H2,14,15). The lowest BCUT2D eigenvalue weighted by molar-refractivity contribution is 0.0996. The van der Waals surface area contributed by atoms with E-state index in [2.05, 4.69) is 0 Å². The average molecular weight is 215 g/mol. The van der Waals surface area contributed by atoms with Gasteiger partial charge in [-0.1, -0.05) is 0 Å². The van der Waals surface area contributed by atoms with Crippen molar-refractivity contribution >= 4 is 11.6 Å². The number of carbonyl (C=O) groups excluding carboxylic acids is 1. The van der Waals surface area contributed by atoms with E-state index in [-0.39, 0.29) is 0 Å². The highest BCUT2D eigenvalue weighted by Gasteiger charge is 2.26. The van der Waals surface area contributed by atoms with Crippen molar-refractivity contribution in [1.29, 1.82) is 5.26 Å². The molecule has 0 aliphatic heterocycles. The Morgan fingerprint density at radius 2 is 1.73 bits per heavy atom. The molecule has 0 aromatic heterocycles. The molecule has 0 spiro atoms. The molecule has 0 aliphatic rings. The minimum absolute atomic E-state index is 1.02. The zero-order valence-corrected chi connectivity index (χ0v) is 7.14. The molecule has 0 bridgehead atoms. The predicted octanol–water partition coefficient (Wildman–Crippen LogP) is 0.657. The summed E-state index contributed by atoms with van der Waals surface area (Å²) in [6.45, 7) is 0. The number of rotatable bonds is 1. The summed E-state index contributed by atoms with van der Waals surface area (Å²) in [5.74, 6) is -6.33. The van der Waals surface area contributed by atoms with Crippen LogP contribution in [-0.4, -0.2) is 5.91 Å². The van der Waals surface area contributed by atoms with Gasteiger partial charge in [0.25, 0.3) is 5.91 Å². The number of nitrogens with two attached hydrogens (primary N) is 2. The Labute approximate surface area is 81.9 Å². The van der Waals surface area contributed by atoms with Crippen molar-refractivity contribution in [3.63, 3.8) is 0 Å². The SMILES string of the molecule is N#Cc1c(F)c(F)c(N)c(C(N)=O)c1F. The summed E-state index contributed by atoms with van der Waals surface area (Å²) < 4.78 is 39.1. The van der Waals surface area contributed by atoms with Gasteiger partial charge in [0.1, 0.15) is 17.2 Å². The molecule has 1 rings (SSSR count). The summed E-state index contributed by atoms with van der Waals surface area (Å²) in [5.41, 5.74) is 6.35. The molecule has 1 aromatic carbocycles. The minimum atomic E-state index is -1.74. The molecular formula is C8H4F3N3O. The Morgan fingerprint density at radius 3 is 2.13 bits per heavy atom. The molecule has 4 N–H and O–H groups in total. The fourth-order valence-electron chi connectivity index (χ4n) is 1.02. The van der Waals surface area contributed by atoms with E-state index >= 15 is 0 Å². The molecule has 1 aromatic rings. The summed E-state index contributed by atoms with van der Waals surface area (Å²) in [7, 11) is 0. The van der Waals surface area contributed by atoms with Crippen LogP contribution in [0, 0.1) is 28.8 Å². The van der Waals surface area contributed by atoms with Crippen LogP contribution in [-0.2, 0) is 0 Å². The van der Waals surface area contributed by atoms with Gasteiger partial charge in [-0.05, 0) is 0 Å². The summed E-state index contributed by atoms with van der Waals surface area (Å²) in [4.78, 5) is 10.7. The molecule has 1 amide bonds. The number of hydrogen-bond donors (Lipinski definition) is 2. The van der Waals surface area contributed by atoms with E-state index in [1.807, 2.05) is 0 Å². The zero-order chi connectivity index (χ0) is 11.7. The van der Waals surface area contributed by atoms with Gasteiger partial charge < -0.3 is 11.5 Å². The van der Waals surface area contributed by atoms with E-state index in [0.717, 1.165) is 6.07 Å². The van der Waals surface area contributed by atoms with Crippen LogP contribution in [0.1, 0.15) is 15.9 Å². The molecule has 4 nitrogen and oxygen atoms in total. The third-order valence-corrected chi connectivity index (χ3v) is 1.72. The Hall–Kier alpha value is -2.23. The molecule has 0 atom stereocenters. The smallest absolute Gasteiger partial charge is 0.253 e. The molecule has 0 aliphatic carbocycles. The molecule has 0 heterocycles. The predicted molar refractivity (Wildman–Crippen MR) is 44.0 cm³/mol. The zero-order valence-electron chi connectivity index (χ0n) is 7.14. The average Bonchev–Trinajstić information content (AvgIpc) is 2.15. The Balaban J connectivity index is 3.78. The second kappa shape index (κ2) is 3.49. The molecule has 7 heteroatoms. The summed E-state index contributed by atoms with van der Waals surface area (Å²) in [6.07, 6.45) is 0. The molecule has 78 valence electrons. The van der Waals surface area contributed by atoms with Gasteiger partial charge in [0.2, 0.25) is 0 Å². The molecule has 0 radical (unpaired) electrons. The fraction of sp³-hybridized carbons (Fsp3) is 0. The van der Waals surface area contributed by atoms with Crippen molar-refractivity contribution in [3.8, 4) is 6.07 Å². The number of nitrogen functional groups attached to an aromatic ring is 1. The third-order valence-electron chi connectivity index (χ3n) is 1.72. The van der Waals surface area contributed by atoms with E-state index in [0.29, 0.717) is 0 Å². The highest BCUT2D eigenvalue weighted by Crippen LogP contribution is 2.26. The highest BCUT2D eigenvalue weighted by atomic mass is 19.2. The summed E-state index contributed by atoms with van der Waals surface area (Å²) in [5, 5.41) is 8.33. The first kappa shape index (κ1) is 10.8. The van der Waals surface area contributed by atoms with Crippen molar-refractivity contribution in [2.45, 2.75) is 0 Å². The van der Waals surface area contributed by atoms with Crippen LogP contribution in [0.4, 0.5) is 18.9 Å². The van der Waals surface area contributed by atoms with E-state index in [9.17, 15) is 18.0 Å². The second-order valence-corrected chi connectivity index (χ2v) is 2.58. The molecule has 0 unspecified atom stereocenters. The first-order valence-electron chi connectivity index (χ1n) is 3.57. The maximum atomic E-state index is 13.2. The van der Waals surface area contributed by atoms with Gasteiger partial charge in [-0.15, -0.1) is 0 Å². The van der Waals surface area contributed by atoms with Crippen LogP contribution < -0.4 is 11.5 Å². The number of hydrogen-bond acceptors (Lipinski definition) is 3. The topological polar surface area (TPSA) is 92.9 Å². The first-order valence-corrected chi connectivity index (χ1v) is 3.57. The normalized spacial score (nSPS) is 9.73. The molecule has 0 saturated carbocycles.